The quantitative estimate of drug-likeness (QED) is 0.791. The fourth-order valence-electron chi connectivity index (χ4n) is 2.09. The second kappa shape index (κ2) is 8.45. The largest absolute Gasteiger partial charge is 0.273 e. The molecule has 1 aromatic rings. The highest BCUT2D eigenvalue weighted by Crippen LogP contribution is 2.17. The molecule has 1 atom stereocenters. The molecule has 0 heterocycles. The van der Waals surface area contributed by atoms with Gasteiger partial charge >= 0.3 is 0 Å². The Balaban J connectivity index is 2.55. The summed E-state index contributed by atoms with van der Waals surface area (Å²) >= 11 is 0. The van der Waals surface area contributed by atoms with Gasteiger partial charge in [0, 0.05) is 6.42 Å². The summed E-state index contributed by atoms with van der Waals surface area (Å²) in [7, 11) is 0. The zero-order valence-corrected chi connectivity index (χ0v) is 13.4. The number of amides is 2. The lowest BCUT2D eigenvalue weighted by atomic mass is 9.96. The van der Waals surface area contributed by atoms with E-state index in [4.69, 9.17) is 0 Å². The number of hydrazine groups is 1. The summed E-state index contributed by atoms with van der Waals surface area (Å²) in [5.41, 5.74) is 7.13. The maximum absolute atomic E-state index is 12.0. The van der Waals surface area contributed by atoms with E-state index in [2.05, 4.69) is 36.8 Å². The van der Waals surface area contributed by atoms with Crippen LogP contribution < -0.4 is 10.9 Å². The molecule has 2 amide bonds. The highest BCUT2D eigenvalue weighted by atomic mass is 16.2. The maximum Gasteiger partial charge on any atom is 0.245 e. The molecule has 2 N–H and O–H groups in total. The SMILES string of the molecule is CCCC(=O)NNC(=O)C(C)c1ccc(CC(C)C)cc1. The van der Waals surface area contributed by atoms with Gasteiger partial charge in [0.2, 0.25) is 11.8 Å². The molecular weight excluding hydrogens is 264 g/mol. The lowest BCUT2D eigenvalue weighted by Gasteiger charge is -2.14. The topological polar surface area (TPSA) is 58.2 Å². The Bertz CT molecular complexity index is 466. The standard InChI is InChI=1S/C17H26N2O2/c1-5-6-16(20)18-19-17(21)13(4)15-9-7-14(8-10-15)11-12(2)3/h7-10,12-13H,5-6,11H2,1-4H3,(H,18,20)(H,19,21). The number of hydrogen-bond donors (Lipinski definition) is 2. The minimum atomic E-state index is -0.292. The van der Waals surface area contributed by atoms with Crippen molar-refractivity contribution in [2.75, 3.05) is 0 Å². The first-order valence-corrected chi connectivity index (χ1v) is 7.61. The van der Waals surface area contributed by atoms with Gasteiger partial charge in [-0.2, -0.15) is 0 Å². The van der Waals surface area contributed by atoms with E-state index in [1.807, 2.05) is 26.0 Å². The molecule has 0 aliphatic carbocycles. The van der Waals surface area contributed by atoms with Crippen LogP contribution in [-0.4, -0.2) is 11.8 Å². The van der Waals surface area contributed by atoms with Crippen LogP contribution in [0.2, 0.25) is 0 Å². The zero-order chi connectivity index (χ0) is 15.8. The third-order valence-corrected chi connectivity index (χ3v) is 3.32. The summed E-state index contributed by atoms with van der Waals surface area (Å²) in [6, 6.07) is 8.09. The average molecular weight is 290 g/mol. The van der Waals surface area contributed by atoms with Crippen LogP contribution in [0.25, 0.3) is 0 Å². The van der Waals surface area contributed by atoms with Crippen LogP contribution in [0.3, 0.4) is 0 Å². The molecular formula is C17H26N2O2. The van der Waals surface area contributed by atoms with Gasteiger partial charge in [0.15, 0.2) is 0 Å². The zero-order valence-electron chi connectivity index (χ0n) is 13.4. The van der Waals surface area contributed by atoms with Crippen LogP contribution in [-0.2, 0) is 16.0 Å². The van der Waals surface area contributed by atoms with Crippen LogP contribution in [0.15, 0.2) is 24.3 Å². The molecule has 0 bridgehead atoms. The molecule has 1 rings (SSSR count). The fourth-order valence-corrected chi connectivity index (χ4v) is 2.09. The van der Waals surface area contributed by atoms with Crippen molar-refractivity contribution in [2.45, 2.75) is 52.9 Å². The van der Waals surface area contributed by atoms with Crippen molar-refractivity contribution in [1.82, 2.24) is 10.9 Å². The number of rotatable bonds is 6. The summed E-state index contributed by atoms with van der Waals surface area (Å²) in [6.45, 7) is 8.12. The molecule has 0 aliphatic rings. The fraction of sp³-hybridized carbons (Fsp3) is 0.529. The van der Waals surface area contributed by atoms with Crippen molar-refractivity contribution in [3.05, 3.63) is 35.4 Å². The monoisotopic (exact) mass is 290 g/mol. The molecule has 0 radical (unpaired) electrons. The molecule has 4 heteroatoms. The van der Waals surface area contributed by atoms with Crippen LogP contribution in [0.5, 0.6) is 0 Å². The van der Waals surface area contributed by atoms with Crippen LogP contribution in [0, 0.1) is 5.92 Å². The molecule has 0 aliphatic heterocycles. The van der Waals surface area contributed by atoms with Crippen molar-refractivity contribution < 1.29 is 9.59 Å². The highest BCUT2D eigenvalue weighted by molar-refractivity contribution is 5.86. The lowest BCUT2D eigenvalue weighted by molar-refractivity contribution is -0.129. The minimum Gasteiger partial charge on any atom is -0.273 e. The first-order chi connectivity index (χ1) is 9.93. The highest BCUT2D eigenvalue weighted by Gasteiger charge is 2.15. The summed E-state index contributed by atoms with van der Waals surface area (Å²) in [5.74, 6) is -0.0354. The smallest absolute Gasteiger partial charge is 0.245 e. The number of carbonyl (C=O) groups is 2. The van der Waals surface area contributed by atoms with E-state index >= 15 is 0 Å². The van der Waals surface area contributed by atoms with E-state index in [1.165, 1.54) is 5.56 Å². The number of benzene rings is 1. The molecule has 0 saturated carbocycles. The third kappa shape index (κ3) is 5.98. The second-order valence-corrected chi connectivity index (χ2v) is 5.85. The molecule has 0 aromatic heterocycles. The summed E-state index contributed by atoms with van der Waals surface area (Å²) in [4.78, 5) is 23.3. The first-order valence-electron chi connectivity index (χ1n) is 7.61. The van der Waals surface area contributed by atoms with Gasteiger partial charge in [-0.25, -0.2) is 0 Å². The van der Waals surface area contributed by atoms with Gasteiger partial charge < -0.3 is 0 Å². The Morgan fingerprint density at radius 2 is 1.67 bits per heavy atom. The van der Waals surface area contributed by atoms with E-state index in [0.717, 1.165) is 18.4 Å². The number of carbonyl (C=O) groups excluding carboxylic acids is 2. The molecule has 1 unspecified atom stereocenters. The van der Waals surface area contributed by atoms with E-state index in [-0.39, 0.29) is 17.7 Å². The normalized spacial score (nSPS) is 12.0. The van der Waals surface area contributed by atoms with Crippen LogP contribution in [0.1, 0.15) is 57.6 Å². The van der Waals surface area contributed by atoms with Crippen molar-refractivity contribution in [3.63, 3.8) is 0 Å². The molecule has 1 aromatic carbocycles. The van der Waals surface area contributed by atoms with Crippen molar-refractivity contribution in [1.29, 1.82) is 0 Å². The Morgan fingerprint density at radius 3 is 2.19 bits per heavy atom. The van der Waals surface area contributed by atoms with Crippen molar-refractivity contribution in [2.24, 2.45) is 5.92 Å². The molecule has 116 valence electrons. The Kier molecular flexibility index (Phi) is 6.92. The van der Waals surface area contributed by atoms with Crippen LogP contribution in [0.4, 0.5) is 0 Å². The van der Waals surface area contributed by atoms with E-state index in [1.54, 1.807) is 0 Å². The Morgan fingerprint density at radius 1 is 1.05 bits per heavy atom. The van der Waals surface area contributed by atoms with Gasteiger partial charge in [-0.1, -0.05) is 45.0 Å². The van der Waals surface area contributed by atoms with Gasteiger partial charge in [-0.3, -0.25) is 20.4 Å². The predicted octanol–water partition coefficient (Wildman–Crippen LogP) is 2.94. The number of hydrogen-bond acceptors (Lipinski definition) is 2. The molecule has 0 saturated heterocycles. The number of nitrogens with one attached hydrogen (secondary N) is 2. The summed E-state index contributed by atoms with van der Waals surface area (Å²) in [6.07, 6.45) is 2.21. The van der Waals surface area contributed by atoms with Crippen molar-refractivity contribution in [3.8, 4) is 0 Å². The third-order valence-electron chi connectivity index (χ3n) is 3.32. The van der Waals surface area contributed by atoms with Gasteiger partial charge in [0.05, 0.1) is 5.92 Å². The second-order valence-electron chi connectivity index (χ2n) is 5.85. The summed E-state index contributed by atoms with van der Waals surface area (Å²) in [5, 5.41) is 0. The maximum atomic E-state index is 12.0. The molecule has 0 fully saturated rings. The van der Waals surface area contributed by atoms with Gasteiger partial charge in [-0.05, 0) is 36.8 Å². The van der Waals surface area contributed by atoms with Gasteiger partial charge in [0.25, 0.3) is 0 Å². The van der Waals surface area contributed by atoms with Gasteiger partial charge in [-0.15, -0.1) is 0 Å². The van der Waals surface area contributed by atoms with E-state index < -0.39 is 0 Å². The van der Waals surface area contributed by atoms with Gasteiger partial charge in [0.1, 0.15) is 0 Å². The average Bonchev–Trinajstić information content (AvgIpc) is 2.44. The van der Waals surface area contributed by atoms with E-state index in [9.17, 15) is 9.59 Å². The Labute approximate surface area is 127 Å². The minimum absolute atomic E-state index is 0.162. The summed E-state index contributed by atoms with van der Waals surface area (Å²) < 4.78 is 0. The predicted molar refractivity (Wildman–Crippen MR) is 84.6 cm³/mol. The molecule has 21 heavy (non-hydrogen) atoms. The lowest BCUT2D eigenvalue weighted by Crippen LogP contribution is -2.43. The molecule has 4 nitrogen and oxygen atoms in total. The van der Waals surface area contributed by atoms with E-state index in [0.29, 0.717) is 12.3 Å². The van der Waals surface area contributed by atoms with Crippen LogP contribution >= 0.6 is 0 Å². The Hall–Kier alpha value is -1.84. The first kappa shape index (κ1) is 17.2. The molecule has 0 spiro atoms. The van der Waals surface area contributed by atoms with Crippen molar-refractivity contribution >= 4 is 11.8 Å².